The number of rotatable bonds is 5. The van der Waals surface area contributed by atoms with Crippen LogP contribution >= 0.6 is 0 Å². The number of benzene rings is 2. The number of aromatic carboxylic acids is 1. The molecule has 0 radical (unpaired) electrons. The van der Waals surface area contributed by atoms with Gasteiger partial charge in [-0.1, -0.05) is 24.0 Å². The number of anilines is 1. The highest BCUT2D eigenvalue weighted by molar-refractivity contribution is 6.33. The van der Waals surface area contributed by atoms with E-state index in [1.165, 1.54) is 12.1 Å². The molecule has 7 heteroatoms. The van der Waals surface area contributed by atoms with Crippen LogP contribution in [0, 0.1) is 11.8 Å². The third-order valence-corrected chi connectivity index (χ3v) is 3.72. The van der Waals surface area contributed by atoms with Crippen LogP contribution in [0.5, 0.6) is 5.75 Å². The van der Waals surface area contributed by atoms with E-state index in [0.717, 1.165) is 0 Å². The topological polar surface area (TPSA) is 115 Å². The minimum atomic E-state index is -1.48. The van der Waals surface area contributed by atoms with Crippen LogP contribution in [0.3, 0.4) is 0 Å². The van der Waals surface area contributed by atoms with Crippen molar-refractivity contribution < 1.29 is 29.7 Å². The number of Topliss-reactive ketones (excluding diaryl/α,β-unsaturated/α-hetero) is 1. The molecule has 0 amide bonds. The second kappa shape index (κ2) is 8.06. The van der Waals surface area contributed by atoms with E-state index < -0.39 is 17.7 Å². The number of nitrogens with zero attached hydrogens (tertiary/aromatic N) is 1. The number of phenols is 1. The molecule has 2 aromatic carbocycles. The molecule has 0 unspecified atom stereocenters. The summed E-state index contributed by atoms with van der Waals surface area (Å²) in [7, 11) is 3.49. The van der Waals surface area contributed by atoms with Crippen molar-refractivity contribution in [1.82, 2.24) is 0 Å². The third kappa shape index (κ3) is 4.86. The summed E-state index contributed by atoms with van der Waals surface area (Å²) in [6.07, 6.45) is -0.201. The second-order valence-corrected chi connectivity index (χ2v) is 5.94. The molecule has 0 bridgehead atoms. The fourth-order valence-electron chi connectivity index (χ4n) is 2.33. The lowest BCUT2D eigenvalue weighted by Gasteiger charge is -2.16. The van der Waals surface area contributed by atoms with E-state index in [0.29, 0.717) is 22.4 Å². The maximum Gasteiger partial charge on any atom is 0.372 e. The van der Waals surface area contributed by atoms with Crippen LogP contribution in [0.2, 0.25) is 0 Å². The van der Waals surface area contributed by atoms with Crippen LogP contribution in [-0.4, -0.2) is 47.1 Å². The molecule has 0 atom stereocenters. The van der Waals surface area contributed by atoms with Crippen molar-refractivity contribution in [2.75, 3.05) is 19.0 Å². The highest BCUT2D eigenvalue weighted by Crippen LogP contribution is 2.28. The Hall–Kier alpha value is -3.79. The van der Waals surface area contributed by atoms with E-state index in [-0.39, 0.29) is 17.7 Å². The van der Waals surface area contributed by atoms with Gasteiger partial charge in [0.1, 0.15) is 11.3 Å². The number of aliphatic carboxylic acids is 1. The number of hydrogen-bond acceptors (Lipinski definition) is 5. The Morgan fingerprint density at radius 3 is 2.15 bits per heavy atom. The van der Waals surface area contributed by atoms with Gasteiger partial charge in [-0.05, 0) is 23.8 Å². The first-order valence-electron chi connectivity index (χ1n) is 7.83. The number of carbonyl (C=O) groups excluding carboxylic acids is 1. The van der Waals surface area contributed by atoms with Crippen LogP contribution < -0.4 is 4.90 Å². The molecule has 0 aliphatic rings. The van der Waals surface area contributed by atoms with Gasteiger partial charge in [-0.25, -0.2) is 9.59 Å². The standard InChI is InChI=1S/C20H17NO6/c1-21(2)16-11-17(22)15(19(24)25)10-14(16)8-7-12-3-5-13(6-4-12)9-18(23)20(26)27/h3-6,10-11,22H,9H2,1-2H3,(H,24,25)(H,26,27). The molecule has 3 N–H and O–H groups in total. The number of carboxylic acids is 2. The first-order valence-corrected chi connectivity index (χ1v) is 7.83. The molecule has 0 saturated carbocycles. The Kier molecular flexibility index (Phi) is 5.83. The summed E-state index contributed by atoms with van der Waals surface area (Å²) in [6, 6.07) is 9.15. The quantitative estimate of drug-likeness (QED) is 0.545. The molecular formula is C20H17NO6. The Bertz CT molecular complexity index is 964. The third-order valence-electron chi connectivity index (χ3n) is 3.72. The Morgan fingerprint density at radius 2 is 1.63 bits per heavy atom. The molecule has 27 heavy (non-hydrogen) atoms. The maximum absolute atomic E-state index is 11.2. The lowest BCUT2D eigenvalue weighted by molar-refractivity contribution is -0.148. The molecule has 0 saturated heterocycles. The second-order valence-electron chi connectivity index (χ2n) is 5.94. The zero-order valence-corrected chi connectivity index (χ0v) is 14.7. The fourth-order valence-corrected chi connectivity index (χ4v) is 2.33. The van der Waals surface area contributed by atoms with E-state index in [9.17, 15) is 19.5 Å². The average Bonchev–Trinajstić information content (AvgIpc) is 2.61. The van der Waals surface area contributed by atoms with Crippen molar-refractivity contribution in [3.8, 4) is 17.6 Å². The predicted octanol–water partition coefficient (Wildman–Crippen LogP) is 1.75. The molecule has 0 heterocycles. The normalized spacial score (nSPS) is 9.85. The van der Waals surface area contributed by atoms with Gasteiger partial charge in [0.05, 0.1) is 5.69 Å². The summed E-state index contributed by atoms with van der Waals surface area (Å²) < 4.78 is 0. The van der Waals surface area contributed by atoms with E-state index in [1.54, 1.807) is 43.3 Å². The van der Waals surface area contributed by atoms with E-state index in [2.05, 4.69) is 11.8 Å². The van der Waals surface area contributed by atoms with Crippen molar-refractivity contribution >= 4 is 23.4 Å². The van der Waals surface area contributed by atoms with Gasteiger partial charge in [0.2, 0.25) is 5.78 Å². The molecule has 0 aromatic heterocycles. The van der Waals surface area contributed by atoms with Crippen molar-refractivity contribution in [1.29, 1.82) is 0 Å². The van der Waals surface area contributed by atoms with Crippen molar-refractivity contribution in [3.05, 3.63) is 58.7 Å². The lowest BCUT2D eigenvalue weighted by Crippen LogP contribution is -2.14. The fraction of sp³-hybridized carbons (Fsp3) is 0.150. The summed E-state index contributed by atoms with van der Waals surface area (Å²) in [5.41, 5.74) is 1.91. The summed E-state index contributed by atoms with van der Waals surface area (Å²) in [4.78, 5) is 34.7. The van der Waals surface area contributed by atoms with Gasteiger partial charge >= 0.3 is 11.9 Å². The van der Waals surface area contributed by atoms with Crippen LogP contribution in [0.4, 0.5) is 5.69 Å². The van der Waals surface area contributed by atoms with Crippen LogP contribution in [0.1, 0.15) is 27.0 Å². The number of carboxylic acid groups (broad SMARTS) is 2. The van der Waals surface area contributed by atoms with Gasteiger partial charge in [-0.15, -0.1) is 0 Å². The Labute approximate surface area is 155 Å². The van der Waals surface area contributed by atoms with E-state index in [4.69, 9.17) is 10.2 Å². The Balaban J connectivity index is 2.34. The average molecular weight is 367 g/mol. The SMILES string of the molecule is CN(C)c1cc(O)c(C(=O)O)cc1C#Cc1ccc(CC(=O)C(=O)O)cc1. The summed E-state index contributed by atoms with van der Waals surface area (Å²) in [6.45, 7) is 0. The van der Waals surface area contributed by atoms with Gasteiger partial charge < -0.3 is 20.2 Å². The Morgan fingerprint density at radius 1 is 1.00 bits per heavy atom. The van der Waals surface area contributed by atoms with Gasteiger partial charge in [0, 0.05) is 37.7 Å². The molecule has 0 aliphatic carbocycles. The largest absolute Gasteiger partial charge is 0.507 e. The van der Waals surface area contributed by atoms with Gasteiger partial charge in [0.25, 0.3) is 0 Å². The van der Waals surface area contributed by atoms with Crippen molar-refractivity contribution in [2.24, 2.45) is 0 Å². The van der Waals surface area contributed by atoms with E-state index >= 15 is 0 Å². The van der Waals surface area contributed by atoms with Crippen LogP contribution in [0.25, 0.3) is 0 Å². The molecular weight excluding hydrogens is 350 g/mol. The monoisotopic (exact) mass is 367 g/mol. The smallest absolute Gasteiger partial charge is 0.372 e. The minimum absolute atomic E-state index is 0.201. The first kappa shape index (κ1) is 19.5. The van der Waals surface area contributed by atoms with Crippen LogP contribution in [-0.2, 0) is 16.0 Å². The zero-order chi connectivity index (χ0) is 20.1. The van der Waals surface area contributed by atoms with Gasteiger partial charge in [-0.2, -0.15) is 0 Å². The predicted molar refractivity (Wildman–Crippen MR) is 98.2 cm³/mol. The number of aromatic hydroxyl groups is 1. The molecule has 0 fully saturated rings. The first-order chi connectivity index (χ1) is 12.7. The van der Waals surface area contributed by atoms with Crippen molar-refractivity contribution in [2.45, 2.75) is 6.42 Å². The molecule has 7 nitrogen and oxygen atoms in total. The minimum Gasteiger partial charge on any atom is -0.507 e. The lowest BCUT2D eigenvalue weighted by atomic mass is 10.0. The summed E-state index contributed by atoms with van der Waals surface area (Å²) in [5.74, 6) is 1.81. The van der Waals surface area contributed by atoms with Gasteiger partial charge in [-0.3, -0.25) is 4.79 Å². The van der Waals surface area contributed by atoms with Crippen molar-refractivity contribution in [3.63, 3.8) is 0 Å². The molecule has 2 aromatic rings. The van der Waals surface area contributed by atoms with E-state index in [1.807, 2.05) is 0 Å². The number of carbonyl (C=O) groups is 3. The molecule has 2 rings (SSSR count). The highest BCUT2D eigenvalue weighted by atomic mass is 16.4. The highest BCUT2D eigenvalue weighted by Gasteiger charge is 2.15. The molecule has 138 valence electrons. The summed E-state index contributed by atoms with van der Waals surface area (Å²) >= 11 is 0. The van der Waals surface area contributed by atoms with Gasteiger partial charge in [0.15, 0.2) is 0 Å². The number of ketones is 1. The summed E-state index contributed by atoms with van der Waals surface area (Å²) in [5, 5.41) is 27.6. The number of hydrogen-bond donors (Lipinski definition) is 3. The molecule has 0 aliphatic heterocycles. The maximum atomic E-state index is 11.2. The zero-order valence-electron chi connectivity index (χ0n) is 14.7. The molecule has 0 spiro atoms. The van der Waals surface area contributed by atoms with Crippen LogP contribution in [0.15, 0.2) is 36.4 Å².